The van der Waals surface area contributed by atoms with Gasteiger partial charge in [-0.2, -0.15) is 0 Å². The van der Waals surface area contributed by atoms with Gasteiger partial charge in [0.15, 0.2) is 0 Å². The molecule has 1 aliphatic heterocycles. The number of allylic oxidation sites excluding steroid dienone is 2. The van der Waals surface area contributed by atoms with E-state index in [4.69, 9.17) is 14.2 Å². The predicted molar refractivity (Wildman–Crippen MR) is 91.5 cm³/mol. The smallest absolute Gasteiger partial charge is 0.0700 e. The highest BCUT2D eigenvalue weighted by Gasteiger charge is 2.48. The fourth-order valence-electron chi connectivity index (χ4n) is 4.50. The first-order valence-electron chi connectivity index (χ1n) is 9.37. The van der Waals surface area contributed by atoms with E-state index in [1.54, 1.807) is 7.11 Å². The Kier molecular flexibility index (Phi) is 6.52. The fourth-order valence-corrected chi connectivity index (χ4v) is 4.50. The topological polar surface area (TPSA) is 30.9 Å². The molecular formula is C19H33NO3. The molecule has 4 nitrogen and oxygen atoms in total. The highest BCUT2D eigenvalue weighted by Crippen LogP contribution is 2.51. The summed E-state index contributed by atoms with van der Waals surface area (Å²) in [6, 6.07) is 0. The highest BCUT2D eigenvalue weighted by molar-refractivity contribution is 5.16. The van der Waals surface area contributed by atoms with Crippen molar-refractivity contribution < 1.29 is 14.2 Å². The number of fused-ring (bicyclic) bond motifs is 5. The molecule has 0 aromatic heterocycles. The van der Waals surface area contributed by atoms with Gasteiger partial charge in [0, 0.05) is 40.0 Å². The summed E-state index contributed by atoms with van der Waals surface area (Å²) < 4.78 is 16.4. The summed E-state index contributed by atoms with van der Waals surface area (Å²) in [6.07, 6.45) is 8.77. The van der Waals surface area contributed by atoms with Crippen molar-refractivity contribution in [2.24, 2.45) is 23.7 Å². The Morgan fingerprint density at radius 1 is 1.00 bits per heavy atom. The first-order chi connectivity index (χ1) is 11.3. The average molecular weight is 323 g/mol. The Morgan fingerprint density at radius 3 is 2.30 bits per heavy atom. The molecule has 1 saturated heterocycles. The summed E-state index contributed by atoms with van der Waals surface area (Å²) in [7, 11) is 1.74. The normalized spacial score (nSPS) is 33.5. The SMILES string of the molecule is COC(C)CCOCCOCCCN1CC2C3C=CC(C3)C2C1. The van der Waals surface area contributed by atoms with Crippen LogP contribution in [0.3, 0.4) is 0 Å². The summed E-state index contributed by atoms with van der Waals surface area (Å²) in [5.74, 6) is 3.69. The summed E-state index contributed by atoms with van der Waals surface area (Å²) in [4.78, 5) is 2.66. The molecule has 5 unspecified atom stereocenters. The molecule has 1 saturated carbocycles. The van der Waals surface area contributed by atoms with Crippen LogP contribution in [-0.4, -0.2) is 64.2 Å². The number of methoxy groups -OCH3 is 1. The van der Waals surface area contributed by atoms with Crippen molar-refractivity contribution in [1.82, 2.24) is 4.90 Å². The van der Waals surface area contributed by atoms with Crippen LogP contribution in [-0.2, 0) is 14.2 Å². The molecule has 0 N–H and O–H groups in total. The molecule has 0 spiro atoms. The van der Waals surface area contributed by atoms with Gasteiger partial charge in [-0.1, -0.05) is 12.2 Å². The predicted octanol–water partition coefficient (Wildman–Crippen LogP) is 2.59. The molecule has 0 aromatic carbocycles. The van der Waals surface area contributed by atoms with Crippen LogP contribution in [0.5, 0.6) is 0 Å². The number of ether oxygens (including phenoxy) is 3. The van der Waals surface area contributed by atoms with Gasteiger partial charge in [-0.25, -0.2) is 0 Å². The molecule has 0 amide bonds. The molecular weight excluding hydrogens is 290 g/mol. The van der Waals surface area contributed by atoms with E-state index >= 15 is 0 Å². The number of hydrogen-bond acceptors (Lipinski definition) is 4. The van der Waals surface area contributed by atoms with Crippen LogP contribution >= 0.6 is 0 Å². The van der Waals surface area contributed by atoms with Gasteiger partial charge in [-0.3, -0.25) is 0 Å². The Balaban J connectivity index is 1.15. The van der Waals surface area contributed by atoms with Gasteiger partial charge < -0.3 is 19.1 Å². The van der Waals surface area contributed by atoms with Crippen molar-refractivity contribution in [3.63, 3.8) is 0 Å². The van der Waals surface area contributed by atoms with E-state index in [-0.39, 0.29) is 6.10 Å². The Labute approximate surface area is 141 Å². The van der Waals surface area contributed by atoms with E-state index < -0.39 is 0 Å². The van der Waals surface area contributed by atoms with E-state index in [1.165, 1.54) is 26.1 Å². The minimum Gasteiger partial charge on any atom is -0.382 e. The van der Waals surface area contributed by atoms with Crippen LogP contribution in [0.25, 0.3) is 0 Å². The van der Waals surface area contributed by atoms with Gasteiger partial charge in [0.05, 0.1) is 19.3 Å². The van der Waals surface area contributed by atoms with E-state index in [0.717, 1.165) is 49.7 Å². The van der Waals surface area contributed by atoms with Gasteiger partial charge in [0.25, 0.3) is 0 Å². The lowest BCUT2D eigenvalue weighted by Gasteiger charge is -2.17. The third-order valence-electron chi connectivity index (χ3n) is 5.94. The molecule has 2 fully saturated rings. The lowest BCUT2D eigenvalue weighted by atomic mass is 9.86. The summed E-state index contributed by atoms with van der Waals surface area (Å²) in [6.45, 7) is 8.90. The van der Waals surface area contributed by atoms with Crippen LogP contribution < -0.4 is 0 Å². The third kappa shape index (κ3) is 4.56. The fraction of sp³-hybridized carbons (Fsp3) is 0.895. The number of hydrogen-bond donors (Lipinski definition) is 0. The minimum absolute atomic E-state index is 0.279. The molecule has 3 aliphatic rings. The quantitative estimate of drug-likeness (QED) is 0.432. The Bertz CT molecular complexity index is 367. The van der Waals surface area contributed by atoms with Crippen LogP contribution in [0.2, 0.25) is 0 Å². The zero-order valence-corrected chi connectivity index (χ0v) is 14.8. The molecule has 4 heteroatoms. The molecule has 23 heavy (non-hydrogen) atoms. The molecule has 5 atom stereocenters. The van der Waals surface area contributed by atoms with E-state index in [2.05, 4.69) is 24.0 Å². The number of nitrogens with zero attached hydrogens (tertiary/aromatic N) is 1. The van der Waals surface area contributed by atoms with Crippen molar-refractivity contribution >= 4 is 0 Å². The standard InChI is InChI=1S/C19H33NO3/c1-15(21-2)6-9-23-11-10-22-8-3-7-20-13-18-16-4-5-17(12-16)19(18)14-20/h4-5,15-19H,3,6-14H2,1-2H3. The van der Waals surface area contributed by atoms with E-state index in [0.29, 0.717) is 13.2 Å². The maximum absolute atomic E-state index is 5.68. The average Bonchev–Trinajstić information content (AvgIpc) is 3.25. The largest absolute Gasteiger partial charge is 0.382 e. The third-order valence-corrected chi connectivity index (χ3v) is 5.94. The molecule has 1 heterocycles. The maximum atomic E-state index is 5.68. The lowest BCUT2D eigenvalue weighted by Crippen LogP contribution is -2.25. The molecule has 0 radical (unpaired) electrons. The molecule has 3 rings (SSSR count). The van der Waals surface area contributed by atoms with Gasteiger partial charge in [-0.05, 0) is 49.9 Å². The summed E-state index contributed by atoms with van der Waals surface area (Å²) in [5.41, 5.74) is 0. The second kappa shape index (κ2) is 8.61. The summed E-state index contributed by atoms with van der Waals surface area (Å²) >= 11 is 0. The van der Waals surface area contributed by atoms with Gasteiger partial charge >= 0.3 is 0 Å². The Morgan fingerprint density at radius 2 is 1.65 bits per heavy atom. The zero-order valence-electron chi connectivity index (χ0n) is 14.8. The number of rotatable bonds is 11. The summed E-state index contributed by atoms with van der Waals surface area (Å²) in [5, 5.41) is 0. The molecule has 0 aromatic rings. The van der Waals surface area contributed by atoms with Crippen LogP contribution in [0.1, 0.15) is 26.2 Å². The second-order valence-electron chi connectivity index (χ2n) is 7.45. The minimum atomic E-state index is 0.279. The molecule has 2 bridgehead atoms. The van der Waals surface area contributed by atoms with Gasteiger partial charge in [-0.15, -0.1) is 0 Å². The number of likely N-dealkylation sites (tertiary alicyclic amines) is 1. The van der Waals surface area contributed by atoms with Crippen molar-refractivity contribution in [3.8, 4) is 0 Å². The zero-order chi connectivity index (χ0) is 16.1. The molecule has 2 aliphatic carbocycles. The van der Waals surface area contributed by atoms with E-state index in [1.807, 2.05) is 0 Å². The first-order valence-corrected chi connectivity index (χ1v) is 9.37. The Hall–Kier alpha value is -0.420. The maximum Gasteiger partial charge on any atom is 0.0700 e. The first kappa shape index (κ1) is 17.4. The van der Waals surface area contributed by atoms with Crippen LogP contribution in [0.15, 0.2) is 12.2 Å². The monoisotopic (exact) mass is 323 g/mol. The van der Waals surface area contributed by atoms with Crippen LogP contribution in [0.4, 0.5) is 0 Å². The van der Waals surface area contributed by atoms with Crippen molar-refractivity contribution in [2.45, 2.75) is 32.3 Å². The lowest BCUT2D eigenvalue weighted by molar-refractivity contribution is 0.0246. The van der Waals surface area contributed by atoms with Crippen molar-refractivity contribution in [1.29, 1.82) is 0 Å². The molecule has 132 valence electrons. The van der Waals surface area contributed by atoms with Gasteiger partial charge in [0.2, 0.25) is 0 Å². The van der Waals surface area contributed by atoms with Gasteiger partial charge in [0.1, 0.15) is 0 Å². The van der Waals surface area contributed by atoms with Crippen molar-refractivity contribution in [2.75, 3.05) is 53.2 Å². The van der Waals surface area contributed by atoms with E-state index in [9.17, 15) is 0 Å². The van der Waals surface area contributed by atoms with Crippen LogP contribution in [0, 0.1) is 23.7 Å². The highest BCUT2D eigenvalue weighted by atomic mass is 16.5. The van der Waals surface area contributed by atoms with Crippen molar-refractivity contribution in [3.05, 3.63) is 12.2 Å². The second-order valence-corrected chi connectivity index (χ2v) is 7.45.